The number of methoxy groups -OCH3 is 1. The van der Waals surface area contributed by atoms with Gasteiger partial charge in [-0.1, -0.05) is 18.2 Å². The Kier molecular flexibility index (Phi) is 8.21. The molecule has 1 aromatic rings. The maximum absolute atomic E-state index is 14.3. The molecule has 1 spiro atoms. The minimum atomic E-state index is -2.24. The second kappa shape index (κ2) is 11.1. The number of nitrogens with two attached hydrogens (primary N) is 1. The number of benzene rings is 1. The second-order valence-electron chi connectivity index (χ2n) is 7.80. The Morgan fingerprint density at radius 3 is 2.11 bits per heavy atom. The topological polar surface area (TPSA) is 161 Å². The van der Waals surface area contributed by atoms with E-state index in [9.17, 15) is 24.0 Å². The molecule has 0 aliphatic carbocycles. The van der Waals surface area contributed by atoms with E-state index in [0.29, 0.717) is 0 Å². The van der Waals surface area contributed by atoms with Crippen LogP contribution in [0.25, 0.3) is 0 Å². The van der Waals surface area contributed by atoms with Crippen molar-refractivity contribution in [3.8, 4) is 0 Å². The van der Waals surface area contributed by atoms with Crippen molar-refractivity contribution in [2.75, 3.05) is 38.4 Å². The van der Waals surface area contributed by atoms with Gasteiger partial charge in [-0.2, -0.15) is 0 Å². The Balaban J connectivity index is 2.43. The summed E-state index contributed by atoms with van der Waals surface area (Å²) < 4.78 is 25.8. The third kappa shape index (κ3) is 4.61. The van der Waals surface area contributed by atoms with Gasteiger partial charge in [-0.05, 0) is 26.8 Å². The Morgan fingerprint density at radius 2 is 1.51 bits per heavy atom. The molecule has 12 nitrogen and oxygen atoms in total. The highest BCUT2D eigenvalue weighted by Gasteiger charge is 2.64. The summed E-state index contributed by atoms with van der Waals surface area (Å²) in [4.78, 5) is 66.9. The van der Waals surface area contributed by atoms with Crippen molar-refractivity contribution in [2.24, 2.45) is 5.73 Å². The first kappa shape index (κ1) is 27.2. The lowest BCUT2D eigenvalue weighted by Crippen LogP contribution is -2.52. The number of nitrogens with zero attached hydrogens (tertiary/aromatic N) is 1. The van der Waals surface area contributed by atoms with Gasteiger partial charge in [-0.25, -0.2) is 9.59 Å². The lowest BCUT2D eigenvalue weighted by molar-refractivity contribution is -0.144. The largest absolute Gasteiger partial charge is 0.468 e. The van der Waals surface area contributed by atoms with Crippen molar-refractivity contribution in [1.29, 1.82) is 0 Å². The van der Waals surface area contributed by atoms with Crippen LogP contribution in [0.1, 0.15) is 32.8 Å². The van der Waals surface area contributed by atoms with Crippen LogP contribution < -0.4 is 10.6 Å². The van der Waals surface area contributed by atoms with Crippen LogP contribution in [-0.2, 0) is 53.1 Å². The lowest BCUT2D eigenvalue weighted by Gasteiger charge is -2.36. The number of ether oxygens (including phenoxy) is 5. The summed E-state index contributed by atoms with van der Waals surface area (Å²) in [5.41, 5.74) is 3.38. The molecule has 2 heterocycles. The quantitative estimate of drug-likeness (QED) is 0.368. The summed E-state index contributed by atoms with van der Waals surface area (Å²) in [6, 6.07) is 6.23. The van der Waals surface area contributed by atoms with E-state index in [-0.39, 0.29) is 36.8 Å². The third-order valence-electron chi connectivity index (χ3n) is 5.76. The molecular formula is C25H28N2O10. The highest BCUT2D eigenvalue weighted by molar-refractivity contribution is 6.23. The van der Waals surface area contributed by atoms with Gasteiger partial charge >= 0.3 is 23.9 Å². The van der Waals surface area contributed by atoms with E-state index in [4.69, 9.17) is 29.4 Å². The second-order valence-corrected chi connectivity index (χ2v) is 7.80. The Labute approximate surface area is 212 Å². The Morgan fingerprint density at radius 1 is 0.919 bits per heavy atom. The third-order valence-corrected chi connectivity index (χ3v) is 5.76. The van der Waals surface area contributed by atoms with E-state index in [0.717, 1.165) is 12.0 Å². The van der Waals surface area contributed by atoms with Gasteiger partial charge < -0.3 is 29.4 Å². The molecule has 2 aliphatic heterocycles. The smallest absolute Gasteiger partial charge is 0.341 e. The van der Waals surface area contributed by atoms with Crippen molar-refractivity contribution < 1.29 is 47.7 Å². The fourth-order valence-corrected chi connectivity index (χ4v) is 4.44. The van der Waals surface area contributed by atoms with Crippen LogP contribution in [0.2, 0.25) is 0 Å². The molecule has 0 unspecified atom stereocenters. The lowest BCUT2D eigenvalue weighted by atomic mass is 9.67. The van der Waals surface area contributed by atoms with E-state index in [2.05, 4.69) is 0 Å². The first-order valence-corrected chi connectivity index (χ1v) is 11.6. The monoisotopic (exact) mass is 516 g/mol. The van der Waals surface area contributed by atoms with Gasteiger partial charge in [0.15, 0.2) is 0 Å². The van der Waals surface area contributed by atoms with Crippen LogP contribution in [0.15, 0.2) is 47.1 Å². The number of hydrogen-bond acceptors (Lipinski definition) is 11. The van der Waals surface area contributed by atoms with Gasteiger partial charge in [-0.15, -0.1) is 0 Å². The van der Waals surface area contributed by atoms with Crippen molar-refractivity contribution in [1.82, 2.24) is 0 Å². The van der Waals surface area contributed by atoms with Crippen molar-refractivity contribution in [3.05, 3.63) is 52.6 Å². The summed E-state index contributed by atoms with van der Waals surface area (Å²) in [6.45, 7) is 4.02. The number of carbonyl (C=O) groups excluding carboxylic acids is 5. The summed E-state index contributed by atoms with van der Waals surface area (Å²) >= 11 is 0. The van der Waals surface area contributed by atoms with Crippen LogP contribution >= 0.6 is 0 Å². The number of esters is 4. The zero-order valence-electron chi connectivity index (χ0n) is 21.0. The van der Waals surface area contributed by atoms with Crippen LogP contribution in [0.5, 0.6) is 0 Å². The van der Waals surface area contributed by atoms with Crippen molar-refractivity contribution in [3.63, 3.8) is 0 Å². The van der Waals surface area contributed by atoms with E-state index >= 15 is 0 Å². The number of rotatable bonds is 9. The van der Waals surface area contributed by atoms with Crippen LogP contribution in [-0.4, -0.2) is 63.3 Å². The molecule has 198 valence electrons. The zero-order chi connectivity index (χ0) is 27.3. The summed E-state index contributed by atoms with van der Waals surface area (Å²) in [5.74, 6) is -5.33. The number of carbonyl (C=O) groups is 5. The average Bonchev–Trinajstić information content (AvgIpc) is 3.07. The summed E-state index contributed by atoms with van der Waals surface area (Å²) in [7, 11) is 1.16. The molecule has 0 radical (unpaired) electrons. The normalized spacial score (nSPS) is 18.4. The van der Waals surface area contributed by atoms with Gasteiger partial charge in [0.05, 0.1) is 26.9 Å². The molecular weight excluding hydrogens is 488 g/mol. The van der Waals surface area contributed by atoms with E-state index in [1.54, 1.807) is 32.9 Å². The zero-order valence-corrected chi connectivity index (χ0v) is 21.0. The Bertz CT molecular complexity index is 1200. The first-order valence-electron chi connectivity index (χ1n) is 11.6. The molecule has 0 fully saturated rings. The first-order chi connectivity index (χ1) is 17.7. The molecule has 1 amide bonds. The number of anilines is 1. The Hall–Kier alpha value is -4.35. The standard InChI is InChI=1S/C25H28N2O10/c1-5-34-17(28)12-16-19(22(30)35-6-2)25(20(21(26)37-16)23(31)36-7-3)14-10-8-9-11-15(14)27(24(25)32)13-18(29)33-4/h8-11H,5-7,12-13,26H2,1-4H3/t25-/m0/s1. The number of amides is 1. The average molecular weight is 517 g/mol. The number of fused-ring (bicyclic) bond motifs is 2. The van der Waals surface area contributed by atoms with E-state index in [1.807, 2.05) is 0 Å². The number of hydrogen-bond donors (Lipinski definition) is 1. The molecule has 1 aromatic carbocycles. The summed E-state index contributed by atoms with van der Waals surface area (Å²) in [5, 5.41) is 0. The van der Waals surface area contributed by atoms with Crippen LogP contribution in [0, 0.1) is 0 Å². The van der Waals surface area contributed by atoms with Crippen LogP contribution in [0.4, 0.5) is 5.69 Å². The molecule has 0 bridgehead atoms. The molecule has 1 atom stereocenters. The highest BCUT2D eigenvalue weighted by Crippen LogP contribution is 2.55. The fraction of sp³-hybridized carbons (Fsp3) is 0.400. The predicted molar refractivity (Wildman–Crippen MR) is 126 cm³/mol. The fourth-order valence-electron chi connectivity index (χ4n) is 4.44. The predicted octanol–water partition coefficient (Wildman–Crippen LogP) is 0.978. The number of para-hydroxylation sites is 1. The minimum Gasteiger partial charge on any atom is -0.468 e. The van der Waals surface area contributed by atoms with Gasteiger partial charge in [0.2, 0.25) is 11.8 Å². The van der Waals surface area contributed by atoms with Crippen molar-refractivity contribution >= 4 is 35.5 Å². The van der Waals surface area contributed by atoms with Crippen molar-refractivity contribution in [2.45, 2.75) is 32.6 Å². The molecule has 37 heavy (non-hydrogen) atoms. The summed E-state index contributed by atoms with van der Waals surface area (Å²) in [6.07, 6.45) is -0.590. The molecule has 3 rings (SSSR count). The molecule has 12 heteroatoms. The molecule has 0 saturated heterocycles. The molecule has 2 N–H and O–H groups in total. The minimum absolute atomic E-state index is 0.0417. The SMILES string of the molecule is CCOC(=O)CC1=C(C(=O)OCC)[C@]2(C(=O)N(CC(=O)OC)c3ccccc32)C(C(=O)OCC)=C(N)O1. The van der Waals surface area contributed by atoms with Gasteiger partial charge in [-0.3, -0.25) is 19.3 Å². The molecule has 0 saturated carbocycles. The van der Waals surface area contributed by atoms with Gasteiger partial charge in [0.25, 0.3) is 0 Å². The van der Waals surface area contributed by atoms with E-state index in [1.165, 1.54) is 12.1 Å². The van der Waals surface area contributed by atoms with Gasteiger partial charge in [0, 0.05) is 11.3 Å². The highest BCUT2D eigenvalue weighted by atomic mass is 16.6. The maximum Gasteiger partial charge on any atom is 0.341 e. The molecule has 2 aliphatic rings. The van der Waals surface area contributed by atoms with E-state index < -0.39 is 65.2 Å². The van der Waals surface area contributed by atoms with Gasteiger partial charge in [0.1, 0.15) is 35.3 Å². The van der Waals surface area contributed by atoms with Crippen LogP contribution in [0.3, 0.4) is 0 Å². The molecule has 0 aromatic heterocycles. The maximum atomic E-state index is 14.3.